The van der Waals surface area contributed by atoms with Crippen molar-refractivity contribution in [2.24, 2.45) is 0 Å². The molecule has 1 spiro atoms. The Kier molecular flexibility index (Phi) is 4.61. The van der Waals surface area contributed by atoms with Crippen LogP contribution in [0.4, 0.5) is 0 Å². The summed E-state index contributed by atoms with van der Waals surface area (Å²) in [5.74, 6) is 0.742. The van der Waals surface area contributed by atoms with Crippen LogP contribution in [0.25, 0.3) is 0 Å². The Morgan fingerprint density at radius 2 is 2.22 bits per heavy atom. The van der Waals surface area contributed by atoms with Gasteiger partial charge in [-0.15, -0.1) is 28.6 Å². The standard InChI is InChI=1S/C9H14N3O3S2.V/c1-10-6-2-15-12-5-11-7(8(13)14)4-17-9(11,12)16-3-6;/h6-7,10H,1-5H2,(H,13,14);/q-1;. The average Bonchev–Trinajstić information content (AvgIpc) is 2.48. The van der Waals surface area contributed by atoms with Crippen LogP contribution in [0.5, 0.6) is 0 Å². The zero-order chi connectivity index (χ0) is 12.0. The van der Waals surface area contributed by atoms with Gasteiger partial charge in [-0.05, 0) is 0 Å². The molecule has 3 heterocycles. The molecule has 1 radical (unpaired) electrons. The molecule has 3 saturated heterocycles. The smallest absolute Gasteiger partial charge is 0.321 e. The number of hydrogen-bond acceptors (Lipinski definition) is 7. The molecule has 18 heavy (non-hydrogen) atoms. The molecule has 9 heteroatoms. The fraction of sp³-hybridized carbons (Fsp3) is 0.778. The van der Waals surface area contributed by atoms with E-state index >= 15 is 0 Å². The van der Waals surface area contributed by atoms with Crippen LogP contribution >= 0.6 is 23.5 Å². The largest absolute Gasteiger partial charge is 0.480 e. The summed E-state index contributed by atoms with van der Waals surface area (Å²) in [4.78, 5) is 18.8. The molecule has 0 bridgehead atoms. The molecule has 0 aromatic carbocycles. The van der Waals surface area contributed by atoms with Crippen LogP contribution in [0.3, 0.4) is 0 Å². The van der Waals surface area contributed by atoms with Gasteiger partial charge >= 0.3 is 5.97 Å². The number of nitrogens with zero attached hydrogens (tertiary/aromatic N) is 2. The third kappa shape index (κ3) is 2.12. The second-order valence-electron chi connectivity index (χ2n) is 4.21. The van der Waals surface area contributed by atoms with Crippen molar-refractivity contribution >= 4 is 29.5 Å². The fourth-order valence-corrected chi connectivity index (χ4v) is 5.47. The van der Waals surface area contributed by atoms with E-state index in [0.29, 0.717) is 19.0 Å². The fourth-order valence-electron chi connectivity index (χ4n) is 2.19. The summed E-state index contributed by atoms with van der Waals surface area (Å²) in [5, 5.41) is 14.0. The van der Waals surface area contributed by atoms with Crippen molar-refractivity contribution in [3.8, 4) is 0 Å². The van der Waals surface area contributed by atoms with Crippen molar-refractivity contribution in [3.05, 3.63) is 7.05 Å². The molecule has 0 aromatic heterocycles. The van der Waals surface area contributed by atoms with Crippen LogP contribution in [0.1, 0.15) is 0 Å². The first-order valence-corrected chi connectivity index (χ1v) is 7.35. The molecule has 3 rings (SSSR count). The second kappa shape index (κ2) is 5.53. The van der Waals surface area contributed by atoms with Crippen molar-refractivity contribution in [2.75, 3.05) is 24.8 Å². The molecule has 0 aromatic rings. The molecule has 3 atom stereocenters. The van der Waals surface area contributed by atoms with Gasteiger partial charge in [-0.3, -0.25) is 16.7 Å². The van der Waals surface area contributed by atoms with E-state index in [1.807, 2.05) is 9.96 Å². The molecule has 3 aliphatic rings. The third-order valence-corrected chi connectivity index (χ3v) is 6.63. The molecule has 0 saturated carbocycles. The summed E-state index contributed by atoms with van der Waals surface area (Å²) < 4.78 is -0.325. The summed E-state index contributed by atoms with van der Waals surface area (Å²) in [6.45, 7) is 1.16. The molecular weight excluding hydrogens is 313 g/mol. The summed E-state index contributed by atoms with van der Waals surface area (Å²) >= 11 is 3.38. The number of carboxylic acid groups (broad SMARTS) is 1. The van der Waals surface area contributed by atoms with Crippen molar-refractivity contribution in [1.82, 2.24) is 15.3 Å². The molecule has 0 aliphatic carbocycles. The number of hydrogen-bond donors (Lipinski definition) is 2. The number of carboxylic acids is 1. The molecule has 3 unspecified atom stereocenters. The maximum Gasteiger partial charge on any atom is 0.321 e. The van der Waals surface area contributed by atoms with E-state index in [1.54, 1.807) is 23.5 Å². The SMILES string of the molecule is [CH2-]NC1CON2CN3C(C(=O)O)CSC23SC1.[V]. The Labute approximate surface area is 126 Å². The topological polar surface area (TPSA) is 65.0 Å². The van der Waals surface area contributed by atoms with Gasteiger partial charge in [0, 0.05) is 36.1 Å². The Hall–Kier alpha value is 0.594. The molecule has 0 amide bonds. The van der Waals surface area contributed by atoms with Gasteiger partial charge < -0.3 is 10.4 Å². The Morgan fingerprint density at radius 1 is 1.50 bits per heavy atom. The maximum atomic E-state index is 11.1. The Balaban J connectivity index is 0.00000120. The summed E-state index contributed by atoms with van der Waals surface area (Å²) in [5.41, 5.74) is 0. The monoisotopic (exact) mass is 327 g/mol. The predicted molar refractivity (Wildman–Crippen MR) is 65.8 cm³/mol. The summed E-state index contributed by atoms with van der Waals surface area (Å²) in [7, 11) is 3.67. The third-order valence-electron chi connectivity index (χ3n) is 3.24. The van der Waals surface area contributed by atoms with Gasteiger partial charge in [0.15, 0.2) is 4.33 Å². The van der Waals surface area contributed by atoms with E-state index in [-0.39, 0.29) is 28.9 Å². The van der Waals surface area contributed by atoms with Crippen molar-refractivity contribution in [2.45, 2.75) is 16.4 Å². The van der Waals surface area contributed by atoms with E-state index in [4.69, 9.17) is 9.94 Å². The van der Waals surface area contributed by atoms with Gasteiger partial charge in [0.2, 0.25) is 0 Å². The van der Waals surface area contributed by atoms with Gasteiger partial charge in [-0.2, -0.15) is 0 Å². The van der Waals surface area contributed by atoms with E-state index < -0.39 is 12.0 Å². The van der Waals surface area contributed by atoms with E-state index in [1.165, 1.54) is 0 Å². The number of nitrogens with one attached hydrogen (secondary N) is 1. The average molecular weight is 327 g/mol. The zero-order valence-corrected chi connectivity index (χ0v) is 12.6. The van der Waals surface area contributed by atoms with Gasteiger partial charge in [0.25, 0.3) is 0 Å². The summed E-state index contributed by atoms with van der Waals surface area (Å²) in [6, 6.07) is -0.178. The van der Waals surface area contributed by atoms with Gasteiger partial charge in [0.1, 0.15) is 6.04 Å². The minimum Gasteiger partial charge on any atom is -0.480 e. The van der Waals surface area contributed by atoms with Crippen molar-refractivity contribution < 1.29 is 33.3 Å². The molecule has 6 nitrogen and oxygen atoms in total. The number of thioether (sulfide) groups is 2. The van der Waals surface area contributed by atoms with Crippen LogP contribution in [0.2, 0.25) is 0 Å². The Morgan fingerprint density at radius 3 is 2.89 bits per heavy atom. The van der Waals surface area contributed by atoms with E-state index in [0.717, 1.165) is 5.75 Å². The van der Waals surface area contributed by atoms with Gasteiger partial charge in [-0.1, -0.05) is 0 Å². The molecule has 2 N–H and O–H groups in total. The molecule has 3 fully saturated rings. The number of hydroxylamine groups is 2. The van der Waals surface area contributed by atoms with Crippen LogP contribution in [0.15, 0.2) is 0 Å². The van der Waals surface area contributed by atoms with E-state index in [2.05, 4.69) is 12.4 Å². The van der Waals surface area contributed by atoms with Crippen LogP contribution < -0.4 is 5.32 Å². The van der Waals surface area contributed by atoms with Gasteiger partial charge in [0.05, 0.1) is 13.3 Å². The molecule has 3 aliphatic heterocycles. The van der Waals surface area contributed by atoms with Crippen LogP contribution in [-0.2, 0) is 28.2 Å². The zero-order valence-electron chi connectivity index (χ0n) is 9.61. The summed E-state index contributed by atoms with van der Waals surface area (Å²) in [6.07, 6.45) is 0. The first-order chi connectivity index (χ1) is 8.17. The van der Waals surface area contributed by atoms with Crippen molar-refractivity contribution in [1.29, 1.82) is 0 Å². The number of carbonyl (C=O) groups is 1. The van der Waals surface area contributed by atoms with E-state index in [9.17, 15) is 4.79 Å². The second-order valence-corrected chi connectivity index (χ2v) is 6.85. The quantitative estimate of drug-likeness (QED) is 0.676. The predicted octanol–water partition coefficient (Wildman–Crippen LogP) is -0.202. The first kappa shape index (κ1) is 15.0. The molecule has 101 valence electrons. The minimum atomic E-state index is -0.745. The van der Waals surface area contributed by atoms with Gasteiger partial charge in [-0.25, -0.2) is 4.90 Å². The van der Waals surface area contributed by atoms with Crippen LogP contribution in [-0.4, -0.2) is 62.2 Å². The number of rotatable bonds is 2. The van der Waals surface area contributed by atoms with Crippen LogP contribution in [0, 0.1) is 7.05 Å². The molecular formula is C9H14N3O3S2V-. The van der Waals surface area contributed by atoms with Crippen molar-refractivity contribution in [3.63, 3.8) is 0 Å². The minimum absolute atomic E-state index is 0. The maximum absolute atomic E-state index is 11.1. The Bertz CT molecular complexity index is 351. The number of aliphatic carboxylic acids is 1. The normalized spacial score (nSPS) is 40.1. The first-order valence-electron chi connectivity index (χ1n) is 5.38.